The minimum absolute atomic E-state index is 0.0623. The van der Waals surface area contributed by atoms with Gasteiger partial charge in [0.05, 0.1) is 11.5 Å². The lowest BCUT2D eigenvalue weighted by molar-refractivity contribution is -0.384. The van der Waals surface area contributed by atoms with E-state index in [-0.39, 0.29) is 18.2 Å². The lowest BCUT2D eigenvalue weighted by Crippen LogP contribution is -2.45. The number of nitro groups is 1. The van der Waals surface area contributed by atoms with Crippen LogP contribution in [0.5, 0.6) is 5.88 Å². The number of ether oxygens (including phenoxy) is 2. The molecule has 0 N–H and O–H groups in total. The average Bonchev–Trinajstić information content (AvgIpc) is 3.43. The second kappa shape index (κ2) is 12.7. The molecule has 4 rings (SSSR count). The Bertz CT molecular complexity index is 1600. The first-order chi connectivity index (χ1) is 20.2. The number of benzene rings is 1. The molecule has 0 spiro atoms. The van der Waals surface area contributed by atoms with Crippen molar-refractivity contribution in [3.8, 4) is 17.5 Å². The molecule has 3 heterocycles. The van der Waals surface area contributed by atoms with Gasteiger partial charge in [0.2, 0.25) is 17.2 Å². The Morgan fingerprint density at radius 2 is 1.84 bits per heavy atom. The van der Waals surface area contributed by atoms with Crippen LogP contribution in [0, 0.1) is 10.1 Å². The summed E-state index contributed by atoms with van der Waals surface area (Å²) in [7, 11) is 0. The van der Waals surface area contributed by atoms with Gasteiger partial charge in [-0.15, -0.1) is 16.8 Å². The molecule has 17 heteroatoms. The third-order valence-corrected chi connectivity index (χ3v) is 7.69. The van der Waals surface area contributed by atoms with Gasteiger partial charge in [0, 0.05) is 20.2 Å². The standard InChI is InChI=1S/C26H18F7IN4O5/c1-2-3-9-24(26(31,32)33,41-14-15-7-5-4-6-8-15)23-37-36-22(43-23)20-19(38(39)40)11-18(25(28,29)30)21(35-20)42-17-10-16(27)12-34-13-17/h2,4-8,10-13H,1,3,9,14H2. The van der Waals surface area contributed by atoms with Crippen molar-refractivity contribution >= 4 is 30.4 Å². The highest BCUT2D eigenvalue weighted by atomic mass is 127. The fraction of sp³-hybridized carbons (Fsp3) is 0.231. The molecule has 43 heavy (non-hydrogen) atoms. The molecule has 3 aromatic rings. The number of nitrogens with zero attached hydrogens (tertiary/aromatic N) is 4. The summed E-state index contributed by atoms with van der Waals surface area (Å²) in [6.45, 7) is 2.86. The molecule has 1 aliphatic heterocycles. The maximum atomic E-state index is 14.6. The summed E-state index contributed by atoms with van der Waals surface area (Å²) in [5.74, 6) is -4.57. The van der Waals surface area contributed by atoms with Crippen molar-refractivity contribution < 1.29 is 49.5 Å². The molecule has 0 saturated carbocycles. The number of rotatable bonds is 11. The number of allylic oxidation sites excluding steroid dienone is 4. The van der Waals surface area contributed by atoms with Crippen LogP contribution in [0.1, 0.15) is 29.9 Å². The van der Waals surface area contributed by atoms with E-state index in [1.165, 1.54) is 26.3 Å². The summed E-state index contributed by atoms with van der Waals surface area (Å²) in [6, 6.07) is 7.87. The number of aromatic nitrogens is 3. The Morgan fingerprint density at radius 1 is 1.12 bits per heavy atom. The Balaban J connectivity index is 1.85. The number of alkyl halides is 6. The average molecular weight is 726 g/mol. The smallest absolute Gasteiger partial charge is 0.426 e. The Hall–Kier alpha value is -4.00. The molecule has 9 nitrogen and oxygen atoms in total. The van der Waals surface area contributed by atoms with Crippen LogP contribution in [0.3, 0.4) is 0 Å². The summed E-state index contributed by atoms with van der Waals surface area (Å²) in [6.07, 6.45) is -9.48. The largest absolute Gasteiger partial charge is 0.438 e. The van der Waals surface area contributed by atoms with E-state index in [0.29, 0.717) is 5.56 Å². The van der Waals surface area contributed by atoms with Gasteiger partial charge in [-0.1, -0.05) is 57.1 Å². The van der Waals surface area contributed by atoms with Crippen LogP contribution in [0.25, 0.3) is 11.6 Å². The van der Waals surface area contributed by atoms with E-state index in [1.807, 2.05) is 0 Å². The number of pyridine rings is 1. The highest BCUT2D eigenvalue weighted by Crippen LogP contribution is 2.47. The Morgan fingerprint density at radius 3 is 2.44 bits per heavy atom. The van der Waals surface area contributed by atoms with E-state index in [9.17, 15) is 40.8 Å². The van der Waals surface area contributed by atoms with Gasteiger partial charge in [0.25, 0.3) is 11.8 Å². The molecule has 1 unspecified atom stereocenters. The Kier molecular flexibility index (Phi) is 9.43. The maximum absolute atomic E-state index is 14.6. The van der Waals surface area contributed by atoms with Gasteiger partial charge in [0.1, 0.15) is 17.1 Å². The van der Waals surface area contributed by atoms with Crippen molar-refractivity contribution in [1.29, 1.82) is 0 Å². The molecular formula is C26H18F7IN4O5. The summed E-state index contributed by atoms with van der Waals surface area (Å²) in [5, 5.41) is 18.6. The molecule has 0 fully saturated rings. The summed E-state index contributed by atoms with van der Waals surface area (Å²) in [5.41, 5.74) is -6.91. The zero-order valence-electron chi connectivity index (χ0n) is 21.5. The number of halogens is 8. The molecule has 1 aliphatic rings. The van der Waals surface area contributed by atoms with Crippen LogP contribution in [0.4, 0.5) is 36.4 Å². The first-order valence-corrected chi connectivity index (χ1v) is 14.4. The fourth-order valence-corrected chi connectivity index (χ4v) is 5.10. The quantitative estimate of drug-likeness (QED) is 0.0646. The van der Waals surface area contributed by atoms with Crippen LogP contribution in [-0.4, -0.2) is 30.3 Å². The van der Waals surface area contributed by atoms with Crippen molar-refractivity contribution in [3.63, 3.8) is 0 Å². The molecule has 0 bridgehead atoms. The minimum atomic E-state index is -5.23. The molecular weight excluding hydrogens is 708 g/mol. The molecule has 0 saturated heterocycles. The zero-order valence-corrected chi connectivity index (χ0v) is 23.6. The van der Waals surface area contributed by atoms with Crippen molar-refractivity contribution in [2.45, 2.75) is 37.4 Å². The van der Waals surface area contributed by atoms with E-state index in [2.05, 4.69) is 21.8 Å². The van der Waals surface area contributed by atoms with Gasteiger partial charge in [-0.25, -0.2) is 9.37 Å². The highest BCUT2D eigenvalue weighted by Gasteiger charge is 2.61. The van der Waals surface area contributed by atoms with E-state index < -0.39 is 97.1 Å². The van der Waals surface area contributed by atoms with Crippen LogP contribution < -0.4 is 4.74 Å². The molecule has 2 aromatic heterocycles. The monoisotopic (exact) mass is 726 g/mol. The second-order valence-corrected chi connectivity index (χ2v) is 10.6. The van der Waals surface area contributed by atoms with Crippen molar-refractivity contribution in [2.24, 2.45) is 0 Å². The maximum Gasteiger partial charge on any atom is 0.426 e. The van der Waals surface area contributed by atoms with E-state index in [1.54, 1.807) is 18.2 Å². The summed E-state index contributed by atoms with van der Waals surface area (Å²) >= 11 is -1.06. The minimum Gasteiger partial charge on any atom is -0.438 e. The third kappa shape index (κ3) is 7.15. The lowest BCUT2D eigenvalue weighted by Gasteiger charge is -2.32. The van der Waals surface area contributed by atoms with Crippen LogP contribution in [0.2, 0.25) is 0 Å². The van der Waals surface area contributed by atoms with E-state index in [0.717, 1.165) is 6.08 Å². The molecule has 0 aliphatic carbocycles. The Labute approximate surface area is 247 Å². The lowest BCUT2D eigenvalue weighted by atomic mass is 9.96. The number of hydrogen-bond acceptors (Lipinski definition) is 8. The van der Waals surface area contributed by atoms with Gasteiger partial charge in [-0.3, -0.25) is 10.1 Å². The van der Waals surface area contributed by atoms with Crippen LogP contribution in [-0.2, 0) is 23.1 Å². The first kappa shape index (κ1) is 31.9. The zero-order chi connectivity index (χ0) is 31.4. The van der Waals surface area contributed by atoms with Gasteiger partial charge in [-0.05, 0) is 18.4 Å². The van der Waals surface area contributed by atoms with Crippen molar-refractivity contribution in [2.75, 3.05) is 0 Å². The van der Waals surface area contributed by atoms with Gasteiger partial charge >= 0.3 is 18.0 Å². The van der Waals surface area contributed by atoms with Crippen LogP contribution in [0.15, 0.2) is 75.2 Å². The topological polar surface area (TPSA) is 113 Å². The highest BCUT2D eigenvalue weighted by molar-refractivity contribution is 14.2. The van der Waals surface area contributed by atoms with Crippen LogP contribution >= 0.6 is 20.7 Å². The predicted octanol–water partition coefficient (Wildman–Crippen LogP) is 7.86. The summed E-state index contributed by atoms with van der Waals surface area (Å²) < 4.78 is 117. The van der Waals surface area contributed by atoms with Gasteiger partial charge in [0.15, 0.2) is 0 Å². The molecule has 1 aromatic carbocycles. The van der Waals surface area contributed by atoms with Crippen molar-refractivity contribution in [3.05, 3.63) is 97.9 Å². The predicted molar refractivity (Wildman–Crippen MR) is 146 cm³/mol. The molecule has 1 atom stereocenters. The molecule has 228 valence electrons. The SMILES string of the molecule is C=CCCC(OCc1ccccc1)(c1nnc(-c2nc(OC3=CC(F)=CI=C3)c(C(F)(F)F)cc2[N+](=O)[O-])o1)C(F)(F)F. The third-order valence-electron chi connectivity index (χ3n) is 5.76. The fourth-order valence-electron chi connectivity index (χ4n) is 3.73. The van der Waals surface area contributed by atoms with Gasteiger partial charge < -0.3 is 13.9 Å². The second-order valence-electron chi connectivity index (χ2n) is 8.68. The first-order valence-electron chi connectivity index (χ1n) is 11.9. The van der Waals surface area contributed by atoms with E-state index >= 15 is 0 Å². The van der Waals surface area contributed by atoms with Crippen molar-refractivity contribution in [1.82, 2.24) is 15.2 Å². The normalized spacial score (nSPS) is 15.1. The molecule has 0 amide bonds. The van der Waals surface area contributed by atoms with E-state index in [4.69, 9.17) is 13.9 Å². The number of hydrogen-bond donors (Lipinski definition) is 0. The molecule has 0 radical (unpaired) electrons. The summed E-state index contributed by atoms with van der Waals surface area (Å²) in [4.78, 5) is 14.1. The van der Waals surface area contributed by atoms with Gasteiger partial charge in [-0.2, -0.15) is 26.3 Å².